The van der Waals surface area contributed by atoms with Crippen molar-refractivity contribution in [1.29, 1.82) is 0 Å². The minimum atomic E-state index is 0.449. The molecule has 0 aromatic heterocycles. The van der Waals surface area contributed by atoms with Gasteiger partial charge in [-0.05, 0) is 0 Å². The maximum atomic E-state index is 6.39. The van der Waals surface area contributed by atoms with Gasteiger partial charge in [0.25, 0.3) is 0 Å². The van der Waals surface area contributed by atoms with Crippen molar-refractivity contribution in [2.75, 3.05) is 0 Å². The number of halogens is 4. The van der Waals surface area contributed by atoms with Crippen LogP contribution in [0.1, 0.15) is 0 Å². The summed E-state index contributed by atoms with van der Waals surface area (Å²) in [6, 6.07) is 12.9. The molecule has 3 aromatic rings. The van der Waals surface area contributed by atoms with Crippen molar-refractivity contribution in [2.24, 2.45) is 0 Å². The number of rotatable bonds is 0. The van der Waals surface area contributed by atoms with Gasteiger partial charge in [0.1, 0.15) is 0 Å². The topological polar surface area (TPSA) is 0 Å². The van der Waals surface area contributed by atoms with Crippen molar-refractivity contribution in [3.05, 3.63) is 56.5 Å². The zero-order valence-electron chi connectivity index (χ0n) is 8.82. The summed E-state index contributed by atoms with van der Waals surface area (Å²) in [5.41, 5.74) is 0. The van der Waals surface area contributed by atoms with E-state index in [1.165, 1.54) is 0 Å². The zero-order valence-corrected chi connectivity index (χ0v) is 11.8. The Bertz CT molecular complexity index is 710. The second-order valence-corrected chi connectivity index (χ2v) is 5.30. The Morgan fingerprint density at radius 1 is 0.667 bits per heavy atom. The molecule has 0 spiro atoms. The molecule has 0 fully saturated rings. The van der Waals surface area contributed by atoms with Crippen molar-refractivity contribution in [3.8, 4) is 0 Å². The largest absolute Gasteiger partial charge is 0.0829 e. The average Bonchev–Trinajstić information content (AvgIpc) is 2.35. The molecule has 88 valence electrons. The van der Waals surface area contributed by atoms with E-state index in [1.54, 1.807) is 12.1 Å². The lowest BCUT2D eigenvalue weighted by Crippen LogP contribution is -1.84. The Kier molecular flexibility index (Phi) is 3.07. The molecule has 4 heteroatoms. The lowest BCUT2D eigenvalue weighted by molar-refractivity contribution is 1.74. The Morgan fingerprint density at radius 2 is 1.06 bits per heavy atom. The van der Waals surface area contributed by atoms with Gasteiger partial charge in [0, 0.05) is 33.7 Å². The van der Waals surface area contributed by atoms with E-state index in [4.69, 9.17) is 46.4 Å². The molecule has 0 amide bonds. The number of hydrogen-bond acceptors (Lipinski definition) is 0. The summed E-state index contributed by atoms with van der Waals surface area (Å²) in [5.74, 6) is 0. The third kappa shape index (κ3) is 1.68. The maximum absolute atomic E-state index is 6.39. The Hall–Kier alpha value is -0.660. The molecule has 0 aliphatic rings. The van der Waals surface area contributed by atoms with Gasteiger partial charge in [-0.25, -0.2) is 0 Å². The Labute approximate surface area is 124 Å². The van der Waals surface area contributed by atoms with Crippen LogP contribution >= 0.6 is 46.4 Å². The standard InChI is InChI=1S/C14H4Cl4/c15-9-5-1-3-7-11(9)14(18)8-4-2-6-10(16)12(8)13(7)17/h1-4H. The molecule has 0 heterocycles. The monoisotopic (exact) mass is 312 g/mol. The van der Waals surface area contributed by atoms with Crippen LogP contribution in [0.15, 0.2) is 24.3 Å². The smallest absolute Gasteiger partial charge is 0.0579 e. The highest BCUT2D eigenvalue weighted by Crippen LogP contribution is 2.43. The lowest BCUT2D eigenvalue weighted by Gasteiger charge is -2.11. The lowest BCUT2D eigenvalue weighted by atomic mass is 10.0. The first-order valence-electron chi connectivity index (χ1n) is 5.08. The number of hydrogen-bond donors (Lipinski definition) is 0. The highest BCUT2D eigenvalue weighted by atomic mass is 35.5. The number of fused-ring (bicyclic) bond motifs is 2. The summed E-state index contributed by atoms with van der Waals surface area (Å²) in [6.07, 6.45) is 0. The zero-order chi connectivity index (χ0) is 12.9. The molecular formula is C14H4Cl4. The average molecular weight is 314 g/mol. The molecule has 3 aromatic carbocycles. The maximum Gasteiger partial charge on any atom is 0.0579 e. The van der Waals surface area contributed by atoms with Crippen molar-refractivity contribution in [1.82, 2.24) is 0 Å². The van der Waals surface area contributed by atoms with E-state index in [1.807, 2.05) is 12.1 Å². The predicted octanol–water partition coefficient (Wildman–Crippen LogP) is 6.21. The highest BCUT2D eigenvalue weighted by molar-refractivity contribution is 6.52. The normalized spacial score (nSPS) is 11.3. The van der Waals surface area contributed by atoms with Gasteiger partial charge < -0.3 is 0 Å². The van der Waals surface area contributed by atoms with E-state index in [-0.39, 0.29) is 0 Å². The second kappa shape index (κ2) is 4.47. The van der Waals surface area contributed by atoms with Crippen LogP contribution in [0.4, 0.5) is 0 Å². The first-order chi connectivity index (χ1) is 8.61. The highest BCUT2D eigenvalue weighted by Gasteiger charge is 2.15. The summed E-state index contributed by atoms with van der Waals surface area (Å²) in [7, 11) is 0. The Balaban J connectivity index is 2.70. The summed E-state index contributed by atoms with van der Waals surface area (Å²) in [5, 5.41) is 4.87. The van der Waals surface area contributed by atoms with Crippen LogP contribution in [-0.4, -0.2) is 0 Å². The third-order valence-corrected chi connectivity index (χ3v) is 4.19. The minimum Gasteiger partial charge on any atom is -0.0829 e. The van der Waals surface area contributed by atoms with Crippen molar-refractivity contribution in [2.45, 2.75) is 0 Å². The van der Waals surface area contributed by atoms with Gasteiger partial charge in [0.2, 0.25) is 0 Å². The molecule has 0 saturated heterocycles. The molecule has 0 nitrogen and oxygen atoms in total. The summed E-state index contributed by atoms with van der Waals surface area (Å²) in [6.45, 7) is 0. The van der Waals surface area contributed by atoms with Crippen LogP contribution in [0.3, 0.4) is 0 Å². The molecule has 2 radical (unpaired) electrons. The van der Waals surface area contributed by atoms with Gasteiger partial charge in [-0.15, -0.1) is 0 Å². The summed E-state index contributed by atoms with van der Waals surface area (Å²) >= 11 is 25.0. The number of benzene rings is 3. The molecular weight excluding hydrogens is 310 g/mol. The van der Waals surface area contributed by atoms with Crippen molar-refractivity contribution >= 4 is 67.9 Å². The van der Waals surface area contributed by atoms with E-state index >= 15 is 0 Å². The van der Waals surface area contributed by atoms with Gasteiger partial charge in [0.05, 0.1) is 20.1 Å². The second-order valence-electron chi connectivity index (χ2n) is 3.79. The van der Waals surface area contributed by atoms with Crippen molar-refractivity contribution < 1.29 is 0 Å². The van der Waals surface area contributed by atoms with Crippen LogP contribution in [0.5, 0.6) is 0 Å². The Morgan fingerprint density at radius 3 is 1.44 bits per heavy atom. The molecule has 0 N–H and O–H groups in total. The van der Waals surface area contributed by atoms with E-state index in [2.05, 4.69) is 12.1 Å². The fraction of sp³-hybridized carbons (Fsp3) is 0. The van der Waals surface area contributed by atoms with Crippen LogP contribution in [0.25, 0.3) is 21.5 Å². The molecule has 3 rings (SSSR count). The summed E-state index contributed by atoms with van der Waals surface area (Å²) in [4.78, 5) is 0. The molecule has 0 bridgehead atoms. The van der Waals surface area contributed by atoms with Gasteiger partial charge in [-0.3, -0.25) is 0 Å². The molecule has 0 saturated carbocycles. The van der Waals surface area contributed by atoms with E-state index in [0.29, 0.717) is 30.9 Å². The van der Waals surface area contributed by atoms with Crippen LogP contribution in [0, 0.1) is 12.1 Å². The predicted molar refractivity (Wildman–Crippen MR) is 79.2 cm³/mol. The van der Waals surface area contributed by atoms with Crippen LogP contribution in [-0.2, 0) is 0 Å². The third-order valence-electron chi connectivity index (χ3n) is 2.81. The molecule has 0 atom stereocenters. The molecule has 0 aliphatic heterocycles. The van der Waals surface area contributed by atoms with E-state index in [9.17, 15) is 0 Å². The fourth-order valence-corrected chi connectivity index (χ4v) is 3.33. The summed E-state index contributed by atoms with van der Waals surface area (Å²) < 4.78 is 0. The van der Waals surface area contributed by atoms with Gasteiger partial charge >= 0.3 is 0 Å². The van der Waals surface area contributed by atoms with Gasteiger partial charge in [-0.1, -0.05) is 70.7 Å². The van der Waals surface area contributed by atoms with E-state index < -0.39 is 0 Å². The SMILES string of the molecule is Clc1[c]ccc2c(Cl)c3c(Cl)[c]ccc3c(Cl)c12. The molecule has 0 unspecified atom stereocenters. The van der Waals surface area contributed by atoms with Crippen LogP contribution in [0.2, 0.25) is 20.1 Å². The molecule has 0 aliphatic carbocycles. The van der Waals surface area contributed by atoms with Gasteiger partial charge in [0.15, 0.2) is 0 Å². The quantitative estimate of drug-likeness (QED) is 0.433. The van der Waals surface area contributed by atoms with Crippen molar-refractivity contribution in [3.63, 3.8) is 0 Å². The van der Waals surface area contributed by atoms with Gasteiger partial charge in [-0.2, -0.15) is 0 Å². The minimum absolute atomic E-state index is 0.449. The first-order valence-corrected chi connectivity index (χ1v) is 6.59. The fourth-order valence-electron chi connectivity index (χ4n) is 2.01. The van der Waals surface area contributed by atoms with E-state index in [0.717, 1.165) is 10.8 Å². The molecule has 18 heavy (non-hydrogen) atoms. The first kappa shape index (κ1) is 12.4. The van der Waals surface area contributed by atoms with Crippen LogP contribution < -0.4 is 0 Å².